The van der Waals surface area contributed by atoms with Crippen molar-refractivity contribution in [1.82, 2.24) is 4.90 Å². The molecule has 0 aliphatic carbocycles. The van der Waals surface area contributed by atoms with E-state index >= 15 is 0 Å². The van der Waals surface area contributed by atoms with E-state index in [2.05, 4.69) is 15.9 Å². The number of carbonyl (C=O) groups is 1. The monoisotopic (exact) mass is 255 g/mol. The zero-order valence-electron chi connectivity index (χ0n) is 8.46. The number of hydrogen-bond acceptors (Lipinski definition) is 1. The first-order chi connectivity index (χ1) is 6.66. The molecule has 14 heavy (non-hydrogen) atoms. The molecule has 0 aromatic heterocycles. The van der Waals surface area contributed by atoms with Crippen molar-refractivity contribution < 1.29 is 4.79 Å². The van der Waals surface area contributed by atoms with Crippen molar-refractivity contribution in [3.8, 4) is 0 Å². The van der Waals surface area contributed by atoms with Crippen LogP contribution < -0.4 is 0 Å². The summed E-state index contributed by atoms with van der Waals surface area (Å²) in [7, 11) is 3.54. The molecule has 0 unspecified atom stereocenters. The van der Waals surface area contributed by atoms with Crippen molar-refractivity contribution in [1.29, 1.82) is 0 Å². The van der Waals surface area contributed by atoms with Crippen molar-refractivity contribution in [3.63, 3.8) is 0 Å². The van der Waals surface area contributed by atoms with Gasteiger partial charge in [-0.05, 0) is 18.1 Å². The molecular formula is C11H14BrNO. The number of halogens is 1. The lowest BCUT2D eigenvalue weighted by atomic mass is 10.0. The molecule has 0 spiro atoms. The molecule has 0 fully saturated rings. The number of alkyl halides is 1. The van der Waals surface area contributed by atoms with E-state index in [4.69, 9.17) is 0 Å². The highest BCUT2D eigenvalue weighted by atomic mass is 79.9. The first-order valence-corrected chi connectivity index (χ1v) is 5.64. The molecule has 0 atom stereocenters. The number of carbonyl (C=O) groups excluding carboxylic acids is 1. The van der Waals surface area contributed by atoms with Crippen molar-refractivity contribution >= 4 is 21.8 Å². The normalized spacial score (nSPS) is 9.93. The zero-order valence-corrected chi connectivity index (χ0v) is 10.0. The van der Waals surface area contributed by atoms with Gasteiger partial charge in [-0.3, -0.25) is 4.79 Å². The van der Waals surface area contributed by atoms with Gasteiger partial charge in [-0.2, -0.15) is 0 Å². The standard InChI is InChI=1S/C11H14BrNO/c1-13(2)11(14)10-6-4-3-5-9(10)7-8-12/h3-6H,7-8H2,1-2H3. The van der Waals surface area contributed by atoms with Crippen LogP contribution in [0, 0.1) is 0 Å². The summed E-state index contributed by atoms with van der Waals surface area (Å²) >= 11 is 3.38. The van der Waals surface area contributed by atoms with Gasteiger partial charge in [0.15, 0.2) is 0 Å². The molecule has 2 nitrogen and oxygen atoms in total. The summed E-state index contributed by atoms with van der Waals surface area (Å²) in [5.74, 6) is 0.0709. The Balaban J connectivity index is 3.00. The molecule has 1 rings (SSSR count). The number of benzene rings is 1. The van der Waals surface area contributed by atoms with E-state index in [0.29, 0.717) is 0 Å². The lowest BCUT2D eigenvalue weighted by Crippen LogP contribution is -2.23. The molecule has 0 aliphatic heterocycles. The lowest BCUT2D eigenvalue weighted by Gasteiger charge is -2.13. The quantitative estimate of drug-likeness (QED) is 0.760. The van der Waals surface area contributed by atoms with Gasteiger partial charge in [0.25, 0.3) is 5.91 Å². The van der Waals surface area contributed by atoms with Crippen LogP contribution in [0.4, 0.5) is 0 Å². The molecule has 0 heterocycles. The maximum Gasteiger partial charge on any atom is 0.253 e. The smallest absolute Gasteiger partial charge is 0.253 e. The van der Waals surface area contributed by atoms with Gasteiger partial charge in [0, 0.05) is 25.0 Å². The highest BCUT2D eigenvalue weighted by Gasteiger charge is 2.11. The van der Waals surface area contributed by atoms with Gasteiger partial charge in [-0.25, -0.2) is 0 Å². The van der Waals surface area contributed by atoms with Gasteiger partial charge in [0.2, 0.25) is 0 Å². The summed E-state index contributed by atoms with van der Waals surface area (Å²) in [4.78, 5) is 13.4. The van der Waals surface area contributed by atoms with Gasteiger partial charge in [0.05, 0.1) is 0 Å². The highest BCUT2D eigenvalue weighted by Crippen LogP contribution is 2.12. The van der Waals surface area contributed by atoms with Crippen molar-refractivity contribution in [2.24, 2.45) is 0 Å². The summed E-state index contributed by atoms with van der Waals surface area (Å²) in [5.41, 5.74) is 1.90. The topological polar surface area (TPSA) is 20.3 Å². The molecule has 0 radical (unpaired) electrons. The zero-order chi connectivity index (χ0) is 10.6. The number of aryl methyl sites for hydroxylation is 1. The second kappa shape index (κ2) is 5.15. The SMILES string of the molecule is CN(C)C(=O)c1ccccc1CCBr. The fourth-order valence-corrected chi connectivity index (χ4v) is 1.72. The Hall–Kier alpha value is -0.830. The summed E-state index contributed by atoms with van der Waals surface area (Å²) in [6, 6.07) is 7.73. The molecule has 0 bridgehead atoms. The Labute approximate surface area is 93.0 Å². The van der Waals surface area contributed by atoms with Crippen LogP contribution in [-0.2, 0) is 6.42 Å². The van der Waals surface area contributed by atoms with Crippen LogP contribution in [0.1, 0.15) is 15.9 Å². The predicted octanol–water partition coefficient (Wildman–Crippen LogP) is 2.33. The van der Waals surface area contributed by atoms with Gasteiger partial charge >= 0.3 is 0 Å². The first kappa shape index (κ1) is 11.2. The van der Waals surface area contributed by atoms with E-state index in [-0.39, 0.29) is 5.91 Å². The van der Waals surface area contributed by atoms with Crippen molar-refractivity contribution in [3.05, 3.63) is 35.4 Å². The molecule has 3 heteroatoms. The summed E-state index contributed by atoms with van der Waals surface area (Å²) < 4.78 is 0. The Kier molecular flexibility index (Phi) is 4.14. The number of rotatable bonds is 3. The summed E-state index contributed by atoms with van der Waals surface area (Å²) in [5, 5.41) is 0.880. The second-order valence-corrected chi connectivity index (χ2v) is 4.09. The average molecular weight is 256 g/mol. The van der Waals surface area contributed by atoms with Crippen LogP contribution in [0.3, 0.4) is 0 Å². The first-order valence-electron chi connectivity index (χ1n) is 4.52. The Morgan fingerprint density at radius 3 is 2.57 bits per heavy atom. The molecule has 0 aliphatic rings. The van der Waals surface area contributed by atoms with Crippen molar-refractivity contribution in [2.75, 3.05) is 19.4 Å². The Morgan fingerprint density at radius 2 is 2.00 bits per heavy atom. The Bertz CT molecular complexity index is 323. The minimum Gasteiger partial charge on any atom is -0.345 e. The third-order valence-corrected chi connectivity index (χ3v) is 2.41. The summed E-state index contributed by atoms with van der Waals surface area (Å²) in [6.45, 7) is 0. The maximum absolute atomic E-state index is 11.8. The number of nitrogens with zero attached hydrogens (tertiary/aromatic N) is 1. The molecule has 0 N–H and O–H groups in total. The van der Waals surface area contributed by atoms with E-state index in [1.165, 1.54) is 0 Å². The molecular weight excluding hydrogens is 242 g/mol. The summed E-state index contributed by atoms with van der Waals surface area (Å²) in [6.07, 6.45) is 0.885. The van der Waals surface area contributed by atoms with E-state index in [0.717, 1.165) is 22.9 Å². The Morgan fingerprint density at radius 1 is 1.36 bits per heavy atom. The number of amides is 1. The van der Waals surface area contributed by atoms with Gasteiger partial charge in [-0.1, -0.05) is 34.1 Å². The molecule has 1 aromatic rings. The fourth-order valence-electron chi connectivity index (χ4n) is 1.29. The van der Waals surface area contributed by atoms with Crippen LogP contribution >= 0.6 is 15.9 Å². The van der Waals surface area contributed by atoms with Gasteiger partial charge in [-0.15, -0.1) is 0 Å². The largest absolute Gasteiger partial charge is 0.345 e. The third-order valence-electron chi connectivity index (χ3n) is 2.02. The maximum atomic E-state index is 11.8. The molecule has 0 saturated carbocycles. The minimum atomic E-state index is 0.0709. The van der Waals surface area contributed by atoms with E-state index in [1.807, 2.05) is 24.3 Å². The predicted molar refractivity (Wildman–Crippen MR) is 62.0 cm³/mol. The van der Waals surface area contributed by atoms with Crippen LogP contribution in [0.25, 0.3) is 0 Å². The molecule has 0 saturated heterocycles. The molecule has 1 amide bonds. The number of hydrogen-bond donors (Lipinski definition) is 0. The highest BCUT2D eigenvalue weighted by molar-refractivity contribution is 9.09. The van der Waals surface area contributed by atoms with Gasteiger partial charge < -0.3 is 4.90 Å². The van der Waals surface area contributed by atoms with E-state index < -0.39 is 0 Å². The second-order valence-electron chi connectivity index (χ2n) is 3.30. The van der Waals surface area contributed by atoms with Crippen LogP contribution in [0.2, 0.25) is 0 Å². The molecule has 1 aromatic carbocycles. The van der Waals surface area contributed by atoms with Crippen LogP contribution in [0.5, 0.6) is 0 Å². The van der Waals surface area contributed by atoms with E-state index in [1.54, 1.807) is 19.0 Å². The van der Waals surface area contributed by atoms with E-state index in [9.17, 15) is 4.79 Å². The molecule has 76 valence electrons. The van der Waals surface area contributed by atoms with Crippen LogP contribution in [-0.4, -0.2) is 30.2 Å². The third kappa shape index (κ3) is 2.58. The average Bonchev–Trinajstić information content (AvgIpc) is 2.18. The van der Waals surface area contributed by atoms with Crippen molar-refractivity contribution in [2.45, 2.75) is 6.42 Å². The van der Waals surface area contributed by atoms with Gasteiger partial charge in [0.1, 0.15) is 0 Å². The van der Waals surface area contributed by atoms with Crippen LogP contribution in [0.15, 0.2) is 24.3 Å². The lowest BCUT2D eigenvalue weighted by molar-refractivity contribution is 0.0826. The minimum absolute atomic E-state index is 0.0709. The fraction of sp³-hybridized carbons (Fsp3) is 0.364.